The van der Waals surface area contributed by atoms with E-state index in [0.29, 0.717) is 10.0 Å². The van der Waals surface area contributed by atoms with Gasteiger partial charge in [0.05, 0.1) is 5.56 Å². The third-order valence-electron chi connectivity index (χ3n) is 1.97. The monoisotopic (exact) mass is 284 g/mol. The molecule has 0 atom stereocenters. The van der Waals surface area contributed by atoms with E-state index in [-0.39, 0.29) is 11.3 Å². The van der Waals surface area contributed by atoms with Gasteiger partial charge in [-0.05, 0) is 39.5 Å². The molecule has 15 heavy (non-hydrogen) atoms. The lowest BCUT2D eigenvalue weighted by Gasteiger charge is -2.02. The van der Waals surface area contributed by atoms with Gasteiger partial charge in [-0.15, -0.1) is 0 Å². The zero-order valence-corrected chi connectivity index (χ0v) is 9.94. The van der Waals surface area contributed by atoms with E-state index in [2.05, 4.69) is 15.9 Å². The Morgan fingerprint density at radius 1 is 1.33 bits per heavy atom. The zero-order chi connectivity index (χ0) is 10.8. The van der Waals surface area contributed by atoms with Gasteiger partial charge in [0.15, 0.2) is 5.78 Å². The summed E-state index contributed by atoms with van der Waals surface area (Å²) in [4.78, 5) is 11.9. The van der Waals surface area contributed by atoms with Crippen molar-refractivity contribution in [3.63, 3.8) is 0 Å². The quantitative estimate of drug-likeness (QED) is 0.765. The predicted octanol–water partition coefficient (Wildman–Crippen LogP) is 3.88. The van der Waals surface area contributed by atoms with Crippen LogP contribution in [0.2, 0.25) is 0 Å². The van der Waals surface area contributed by atoms with Crippen LogP contribution >= 0.6 is 27.3 Å². The summed E-state index contributed by atoms with van der Waals surface area (Å²) in [6, 6.07) is 6.18. The van der Waals surface area contributed by atoms with E-state index < -0.39 is 5.82 Å². The van der Waals surface area contributed by atoms with Gasteiger partial charge in [-0.1, -0.05) is 6.07 Å². The molecule has 1 aromatic carbocycles. The van der Waals surface area contributed by atoms with E-state index in [1.54, 1.807) is 29.0 Å². The molecule has 0 amide bonds. The molecule has 0 saturated heterocycles. The van der Waals surface area contributed by atoms with Crippen molar-refractivity contribution in [2.75, 3.05) is 0 Å². The molecule has 1 nitrogen and oxygen atoms in total. The first-order chi connectivity index (χ1) is 7.20. The van der Waals surface area contributed by atoms with Crippen molar-refractivity contribution >= 4 is 33.0 Å². The molecule has 0 N–H and O–H groups in total. The van der Waals surface area contributed by atoms with E-state index >= 15 is 0 Å². The van der Waals surface area contributed by atoms with Crippen LogP contribution in [0.4, 0.5) is 4.39 Å². The molecule has 0 aliphatic rings. The highest BCUT2D eigenvalue weighted by atomic mass is 79.9. The maximum Gasteiger partial charge on any atom is 0.197 e. The normalized spacial score (nSPS) is 10.3. The van der Waals surface area contributed by atoms with Crippen LogP contribution in [0, 0.1) is 5.82 Å². The van der Waals surface area contributed by atoms with Crippen LogP contribution in [0.1, 0.15) is 15.9 Å². The fraction of sp³-hybridized carbons (Fsp3) is 0. The van der Waals surface area contributed by atoms with Crippen LogP contribution in [0.15, 0.2) is 39.5 Å². The number of carbonyl (C=O) groups is 1. The Kier molecular flexibility index (Phi) is 2.98. The number of halogens is 2. The minimum Gasteiger partial charge on any atom is -0.288 e. The fourth-order valence-electron chi connectivity index (χ4n) is 1.25. The lowest BCUT2D eigenvalue weighted by atomic mass is 10.1. The molecule has 0 spiro atoms. The van der Waals surface area contributed by atoms with Crippen molar-refractivity contribution in [2.45, 2.75) is 0 Å². The van der Waals surface area contributed by atoms with Gasteiger partial charge in [0.25, 0.3) is 0 Å². The van der Waals surface area contributed by atoms with Gasteiger partial charge < -0.3 is 0 Å². The fourth-order valence-corrected chi connectivity index (χ4v) is 2.41. The summed E-state index contributed by atoms with van der Waals surface area (Å²) in [7, 11) is 0. The third-order valence-corrected chi connectivity index (χ3v) is 3.32. The molecular weight excluding hydrogens is 279 g/mol. The smallest absolute Gasteiger partial charge is 0.197 e. The molecule has 0 bridgehead atoms. The Labute approximate surface area is 98.7 Å². The van der Waals surface area contributed by atoms with Crippen LogP contribution in [0.25, 0.3) is 0 Å². The summed E-state index contributed by atoms with van der Waals surface area (Å²) in [5.41, 5.74) is 0.613. The standard InChI is InChI=1S/C11H6BrFOS/c12-8-2-1-3-9(13)10(8)11(14)7-4-5-15-6-7/h1-6H. The average molecular weight is 285 g/mol. The second kappa shape index (κ2) is 4.24. The minimum absolute atomic E-state index is 0.0934. The van der Waals surface area contributed by atoms with Crippen LogP contribution in [-0.4, -0.2) is 5.78 Å². The Balaban J connectivity index is 2.51. The number of hydrogen-bond donors (Lipinski definition) is 0. The van der Waals surface area contributed by atoms with E-state index in [1.807, 2.05) is 0 Å². The molecule has 0 saturated carbocycles. The van der Waals surface area contributed by atoms with Gasteiger partial charge >= 0.3 is 0 Å². The first kappa shape index (κ1) is 10.5. The molecule has 2 aromatic rings. The summed E-state index contributed by atoms with van der Waals surface area (Å²) in [6.07, 6.45) is 0. The number of hydrogen-bond acceptors (Lipinski definition) is 2. The zero-order valence-electron chi connectivity index (χ0n) is 7.54. The van der Waals surface area contributed by atoms with Crippen molar-refractivity contribution < 1.29 is 9.18 Å². The molecule has 0 unspecified atom stereocenters. The highest BCUT2D eigenvalue weighted by Gasteiger charge is 2.17. The number of thiophene rings is 1. The van der Waals surface area contributed by atoms with Crippen LogP contribution < -0.4 is 0 Å². The molecule has 1 heterocycles. The Hall–Kier alpha value is -1.00. The van der Waals surface area contributed by atoms with E-state index in [1.165, 1.54) is 17.4 Å². The van der Waals surface area contributed by atoms with Gasteiger partial charge in [-0.25, -0.2) is 4.39 Å². The number of carbonyl (C=O) groups excluding carboxylic acids is 1. The van der Waals surface area contributed by atoms with E-state index in [9.17, 15) is 9.18 Å². The summed E-state index contributed by atoms with van der Waals surface area (Å²) >= 11 is 4.59. The lowest BCUT2D eigenvalue weighted by Crippen LogP contribution is -2.03. The predicted molar refractivity (Wildman–Crippen MR) is 61.9 cm³/mol. The first-order valence-electron chi connectivity index (χ1n) is 4.21. The molecule has 1 aromatic heterocycles. The second-order valence-corrected chi connectivity index (χ2v) is 4.57. The minimum atomic E-state index is -0.499. The van der Waals surface area contributed by atoms with Crippen LogP contribution in [0.3, 0.4) is 0 Å². The second-order valence-electron chi connectivity index (χ2n) is 2.94. The number of benzene rings is 1. The maximum atomic E-state index is 13.4. The lowest BCUT2D eigenvalue weighted by molar-refractivity contribution is 0.103. The van der Waals surface area contributed by atoms with Crippen molar-refractivity contribution in [1.82, 2.24) is 0 Å². The topological polar surface area (TPSA) is 17.1 Å². The third kappa shape index (κ3) is 2.01. The average Bonchev–Trinajstić information content (AvgIpc) is 2.69. The summed E-state index contributed by atoms with van der Waals surface area (Å²) in [5.74, 6) is -0.790. The van der Waals surface area contributed by atoms with Crippen molar-refractivity contribution in [3.8, 4) is 0 Å². The largest absolute Gasteiger partial charge is 0.288 e. The number of ketones is 1. The summed E-state index contributed by atoms with van der Waals surface area (Å²) in [5, 5.41) is 3.50. The molecule has 2 rings (SSSR count). The van der Waals surface area contributed by atoms with Gasteiger partial charge in [-0.2, -0.15) is 11.3 Å². The first-order valence-corrected chi connectivity index (χ1v) is 5.94. The van der Waals surface area contributed by atoms with Crippen LogP contribution in [-0.2, 0) is 0 Å². The molecular formula is C11H6BrFOS. The molecule has 0 aliphatic heterocycles. The molecule has 4 heteroatoms. The SMILES string of the molecule is O=C(c1ccsc1)c1c(F)cccc1Br. The highest BCUT2D eigenvalue weighted by molar-refractivity contribution is 9.10. The van der Waals surface area contributed by atoms with Crippen LogP contribution in [0.5, 0.6) is 0 Å². The maximum absolute atomic E-state index is 13.4. The van der Waals surface area contributed by atoms with Crippen molar-refractivity contribution in [1.29, 1.82) is 0 Å². The van der Waals surface area contributed by atoms with E-state index in [4.69, 9.17) is 0 Å². The summed E-state index contributed by atoms with van der Waals surface area (Å²) < 4.78 is 13.9. The van der Waals surface area contributed by atoms with Gasteiger partial charge in [0.2, 0.25) is 0 Å². The molecule has 0 fully saturated rings. The van der Waals surface area contributed by atoms with Crippen molar-refractivity contribution in [2.24, 2.45) is 0 Å². The number of rotatable bonds is 2. The Bertz CT molecular complexity index is 473. The van der Waals surface area contributed by atoms with Crippen molar-refractivity contribution in [3.05, 3.63) is 56.4 Å². The van der Waals surface area contributed by atoms with Gasteiger partial charge in [0.1, 0.15) is 5.82 Å². The Morgan fingerprint density at radius 2 is 2.13 bits per heavy atom. The molecule has 0 aliphatic carbocycles. The highest BCUT2D eigenvalue weighted by Crippen LogP contribution is 2.23. The summed E-state index contributed by atoms with van der Waals surface area (Å²) in [6.45, 7) is 0. The molecule has 0 radical (unpaired) electrons. The Morgan fingerprint density at radius 3 is 2.73 bits per heavy atom. The van der Waals surface area contributed by atoms with Gasteiger partial charge in [-0.3, -0.25) is 4.79 Å². The van der Waals surface area contributed by atoms with Gasteiger partial charge in [0, 0.05) is 15.4 Å². The molecule has 76 valence electrons. The van der Waals surface area contributed by atoms with E-state index in [0.717, 1.165) is 0 Å².